The number of nitrogens with zero attached hydrogens (tertiary/aromatic N) is 5. The van der Waals surface area contributed by atoms with Gasteiger partial charge in [-0.05, 0) is 28.6 Å². The number of anilines is 1. The van der Waals surface area contributed by atoms with E-state index < -0.39 is 11.6 Å². The lowest BCUT2D eigenvalue weighted by Gasteiger charge is -2.02. The molecule has 4 rings (SSSR count). The molecule has 120 valence electrons. The van der Waals surface area contributed by atoms with Crippen LogP contribution in [0.5, 0.6) is 5.75 Å². The zero-order valence-corrected chi connectivity index (χ0v) is 13.0. The number of ether oxygens (including phenoxy) is 1. The Morgan fingerprint density at radius 3 is 3.04 bits per heavy atom. The Labute approximate surface area is 137 Å². The monoisotopic (exact) mass is 343 g/mol. The molecule has 3 heterocycles. The molecule has 2 N–H and O–H groups in total. The van der Waals surface area contributed by atoms with Crippen LogP contribution >= 0.6 is 11.3 Å². The Kier molecular flexibility index (Phi) is 3.20. The van der Waals surface area contributed by atoms with Crippen molar-refractivity contribution in [2.75, 3.05) is 12.4 Å². The molecule has 10 nitrogen and oxygen atoms in total. The molecule has 0 aliphatic carbocycles. The Morgan fingerprint density at radius 1 is 1.42 bits per heavy atom. The molecule has 0 saturated heterocycles. The molecule has 0 radical (unpaired) electrons. The zero-order valence-electron chi connectivity index (χ0n) is 12.2. The van der Waals surface area contributed by atoms with E-state index in [-0.39, 0.29) is 11.5 Å². The van der Waals surface area contributed by atoms with Crippen LogP contribution in [-0.4, -0.2) is 43.0 Å². The number of aromatic amines is 1. The summed E-state index contributed by atoms with van der Waals surface area (Å²) in [4.78, 5) is 28.9. The maximum atomic E-state index is 12.4. The number of nitrogens with one attached hydrogen (secondary N) is 2. The van der Waals surface area contributed by atoms with Gasteiger partial charge < -0.3 is 4.74 Å². The van der Waals surface area contributed by atoms with E-state index in [2.05, 4.69) is 30.9 Å². The van der Waals surface area contributed by atoms with Crippen LogP contribution < -0.4 is 15.7 Å². The minimum Gasteiger partial charge on any atom is -0.497 e. The van der Waals surface area contributed by atoms with Gasteiger partial charge >= 0.3 is 5.69 Å². The summed E-state index contributed by atoms with van der Waals surface area (Å²) in [6, 6.07) is 5.30. The van der Waals surface area contributed by atoms with Gasteiger partial charge in [-0.25, -0.2) is 19.3 Å². The highest BCUT2D eigenvalue weighted by Gasteiger charge is 2.18. The Morgan fingerprint density at radius 2 is 2.29 bits per heavy atom. The molecule has 0 atom stereocenters. The number of hydrogen-bond acceptors (Lipinski definition) is 8. The number of rotatable bonds is 3. The maximum Gasteiger partial charge on any atom is 0.353 e. The van der Waals surface area contributed by atoms with Crippen molar-refractivity contribution in [2.24, 2.45) is 0 Å². The molecule has 0 fully saturated rings. The van der Waals surface area contributed by atoms with Crippen LogP contribution in [0.1, 0.15) is 10.4 Å². The van der Waals surface area contributed by atoms with Crippen molar-refractivity contribution in [2.45, 2.75) is 0 Å². The lowest BCUT2D eigenvalue weighted by Crippen LogP contribution is -2.21. The van der Waals surface area contributed by atoms with Crippen molar-refractivity contribution in [3.8, 4) is 5.75 Å². The number of fused-ring (bicyclic) bond motifs is 3. The summed E-state index contributed by atoms with van der Waals surface area (Å²) in [5.74, 6) is 0.290. The summed E-state index contributed by atoms with van der Waals surface area (Å²) in [5, 5.41) is 15.3. The van der Waals surface area contributed by atoms with Crippen LogP contribution in [0.4, 0.5) is 5.95 Å². The Balaban J connectivity index is 1.91. The van der Waals surface area contributed by atoms with Crippen molar-refractivity contribution in [1.82, 2.24) is 30.0 Å². The third kappa shape index (κ3) is 2.18. The number of carbonyl (C=O) groups excluding carboxylic acids is 1. The topological polar surface area (TPSA) is 127 Å². The van der Waals surface area contributed by atoms with E-state index in [0.29, 0.717) is 16.1 Å². The predicted octanol–water partition coefficient (Wildman–Crippen LogP) is 0.683. The van der Waals surface area contributed by atoms with Gasteiger partial charge in [0.2, 0.25) is 5.95 Å². The number of carbonyl (C=O) groups is 1. The first kappa shape index (κ1) is 14.3. The lowest BCUT2D eigenvalue weighted by atomic mass is 10.3. The number of hydrogen-bond donors (Lipinski definition) is 2. The van der Waals surface area contributed by atoms with Crippen molar-refractivity contribution in [3.05, 3.63) is 40.4 Å². The summed E-state index contributed by atoms with van der Waals surface area (Å²) in [6.07, 6.45) is 1.24. The number of methoxy groups -OCH3 is 1. The molecule has 11 heteroatoms. The van der Waals surface area contributed by atoms with Gasteiger partial charge in [-0.1, -0.05) is 5.10 Å². The Bertz CT molecular complexity index is 1120. The van der Waals surface area contributed by atoms with Crippen LogP contribution in [0.3, 0.4) is 0 Å². The van der Waals surface area contributed by atoms with Gasteiger partial charge in [-0.2, -0.15) is 0 Å². The molecule has 3 aromatic heterocycles. The number of tetrazole rings is 1. The molecule has 0 aliphatic rings. The van der Waals surface area contributed by atoms with Crippen LogP contribution in [0.15, 0.2) is 29.2 Å². The summed E-state index contributed by atoms with van der Waals surface area (Å²) >= 11 is 1.29. The standard InChI is InChI=1S/C13H9N7O3S/c1-23-6-2-3-8-9(4-6)24-11-7(5-14-13(22)20(8)11)10(21)15-12-16-18-19-17-12/h2-5H,1H3,(H2,15,16,17,18,19,21). The summed E-state index contributed by atoms with van der Waals surface area (Å²) in [7, 11) is 1.56. The van der Waals surface area contributed by atoms with Gasteiger partial charge in [0.25, 0.3) is 5.91 Å². The first-order chi connectivity index (χ1) is 11.7. The fraction of sp³-hybridized carbons (Fsp3) is 0.0769. The maximum absolute atomic E-state index is 12.4. The zero-order chi connectivity index (χ0) is 16.7. The third-order valence-corrected chi connectivity index (χ3v) is 4.51. The van der Waals surface area contributed by atoms with Gasteiger partial charge in [0.15, 0.2) is 0 Å². The first-order valence-electron chi connectivity index (χ1n) is 6.71. The highest BCUT2D eigenvalue weighted by molar-refractivity contribution is 7.24. The van der Waals surface area contributed by atoms with Gasteiger partial charge in [0.1, 0.15) is 10.6 Å². The van der Waals surface area contributed by atoms with Crippen LogP contribution in [0, 0.1) is 0 Å². The van der Waals surface area contributed by atoms with Crippen LogP contribution in [-0.2, 0) is 0 Å². The SMILES string of the molecule is COc1ccc2c(c1)sc1c(C(=O)Nc3nnn[nH]3)cnc(=O)n12. The average Bonchev–Trinajstić information content (AvgIpc) is 3.21. The number of H-pyrrole nitrogens is 1. The number of amides is 1. The highest BCUT2D eigenvalue weighted by atomic mass is 32.1. The molecule has 0 saturated carbocycles. The molecule has 24 heavy (non-hydrogen) atoms. The van der Waals surface area contributed by atoms with E-state index in [1.165, 1.54) is 21.9 Å². The molecule has 0 bridgehead atoms. The number of aromatic nitrogens is 6. The second-order valence-electron chi connectivity index (χ2n) is 4.73. The van der Waals surface area contributed by atoms with Gasteiger partial charge in [-0.3, -0.25) is 10.1 Å². The van der Waals surface area contributed by atoms with Crippen LogP contribution in [0.25, 0.3) is 15.0 Å². The van der Waals surface area contributed by atoms with E-state index in [9.17, 15) is 9.59 Å². The van der Waals surface area contributed by atoms with E-state index >= 15 is 0 Å². The van der Waals surface area contributed by atoms with Crippen molar-refractivity contribution in [3.63, 3.8) is 0 Å². The molecule has 0 aliphatic heterocycles. The number of thiazole rings is 1. The summed E-state index contributed by atoms with van der Waals surface area (Å²) in [5.41, 5.74) is 0.440. The van der Waals surface area contributed by atoms with Crippen molar-refractivity contribution < 1.29 is 9.53 Å². The summed E-state index contributed by atoms with van der Waals surface area (Å²) < 4.78 is 7.39. The van der Waals surface area contributed by atoms with E-state index in [4.69, 9.17) is 4.74 Å². The average molecular weight is 343 g/mol. The minimum atomic E-state index is -0.475. The molecule has 1 aromatic carbocycles. The van der Waals surface area contributed by atoms with Crippen molar-refractivity contribution in [1.29, 1.82) is 0 Å². The lowest BCUT2D eigenvalue weighted by molar-refractivity contribution is 0.102. The van der Waals surface area contributed by atoms with E-state index in [1.54, 1.807) is 25.3 Å². The number of benzene rings is 1. The molecule has 1 amide bonds. The third-order valence-electron chi connectivity index (χ3n) is 3.37. The minimum absolute atomic E-state index is 0.104. The second kappa shape index (κ2) is 5.38. The molecule has 0 unspecified atom stereocenters. The molecular weight excluding hydrogens is 334 g/mol. The fourth-order valence-electron chi connectivity index (χ4n) is 2.29. The van der Waals surface area contributed by atoms with E-state index in [0.717, 1.165) is 4.70 Å². The highest BCUT2D eigenvalue weighted by Crippen LogP contribution is 2.30. The summed E-state index contributed by atoms with van der Waals surface area (Å²) in [6.45, 7) is 0. The van der Waals surface area contributed by atoms with Gasteiger partial charge in [0.05, 0.1) is 22.9 Å². The normalized spacial score (nSPS) is 11.0. The second-order valence-corrected chi connectivity index (χ2v) is 5.77. The predicted molar refractivity (Wildman–Crippen MR) is 85.5 cm³/mol. The molecule has 4 aromatic rings. The smallest absolute Gasteiger partial charge is 0.353 e. The van der Waals surface area contributed by atoms with Crippen molar-refractivity contribution >= 4 is 38.2 Å². The molecular formula is C13H9N7O3S. The Hall–Kier alpha value is -3.34. The quantitative estimate of drug-likeness (QED) is 0.560. The molecule has 0 spiro atoms. The first-order valence-corrected chi connectivity index (χ1v) is 7.52. The fourth-order valence-corrected chi connectivity index (χ4v) is 3.46. The van der Waals surface area contributed by atoms with Crippen LogP contribution in [0.2, 0.25) is 0 Å². The van der Waals surface area contributed by atoms with Gasteiger partial charge in [-0.15, -0.1) is 11.3 Å². The van der Waals surface area contributed by atoms with E-state index in [1.807, 2.05) is 0 Å². The van der Waals surface area contributed by atoms with Gasteiger partial charge in [0, 0.05) is 6.20 Å². The largest absolute Gasteiger partial charge is 0.497 e.